The minimum Gasteiger partial charge on any atom is -0.480 e. The van der Waals surface area contributed by atoms with Gasteiger partial charge in [0.15, 0.2) is 0 Å². The van der Waals surface area contributed by atoms with Crippen molar-refractivity contribution >= 4 is 24.0 Å². The Morgan fingerprint density at radius 1 is 1.22 bits per heavy atom. The molecule has 0 radical (unpaired) electrons. The van der Waals surface area contributed by atoms with E-state index in [0.717, 1.165) is 5.56 Å². The molecule has 0 aromatic heterocycles. The van der Waals surface area contributed by atoms with Crippen LogP contribution in [0, 0.1) is 0 Å². The van der Waals surface area contributed by atoms with E-state index in [2.05, 4.69) is 10.6 Å². The summed E-state index contributed by atoms with van der Waals surface area (Å²) in [6.45, 7) is 6.35. The molecular weight excluding hydrogens is 354 g/mol. The maximum absolute atomic E-state index is 12.5. The molecule has 1 fully saturated rings. The van der Waals surface area contributed by atoms with Crippen LogP contribution in [-0.2, 0) is 26.4 Å². The van der Waals surface area contributed by atoms with Crippen LogP contribution in [0.15, 0.2) is 24.3 Å². The number of rotatable bonds is 5. The number of imide groups is 1. The van der Waals surface area contributed by atoms with Crippen LogP contribution in [0.25, 0.3) is 0 Å². The lowest BCUT2D eigenvalue weighted by Crippen LogP contribution is -2.41. The highest BCUT2D eigenvalue weighted by atomic mass is 16.6. The molecule has 1 saturated heterocycles. The van der Waals surface area contributed by atoms with Gasteiger partial charge in [-0.25, -0.2) is 9.59 Å². The third kappa shape index (κ3) is 4.75. The number of aliphatic carboxylic acids is 1. The summed E-state index contributed by atoms with van der Waals surface area (Å²) in [6.07, 6.45) is -0.541. The van der Waals surface area contributed by atoms with Gasteiger partial charge in [-0.05, 0) is 38.8 Å². The lowest BCUT2D eigenvalue weighted by Gasteiger charge is -2.22. The summed E-state index contributed by atoms with van der Waals surface area (Å²) in [5, 5.41) is 14.0. The predicted octanol–water partition coefficient (Wildman–Crippen LogP) is 1.56. The molecule has 1 aliphatic heterocycles. The van der Waals surface area contributed by atoms with Crippen LogP contribution < -0.4 is 10.6 Å². The van der Waals surface area contributed by atoms with E-state index in [9.17, 15) is 19.2 Å². The topological polar surface area (TPSA) is 125 Å². The highest BCUT2D eigenvalue weighted by molar-refractivity contribution is 6.08. The van der Waals surface area contributed by atoms with Crippen LogP contribution in [-0.4, -0.2) is 46.2 Å². The number of urea groups is 1. The summed E-state index contributed by atoms with van der Waals surface area (Å²) >= 11 is 0. The van der Waals surface area contributed by atoms with Crippen molar-refractivity contribution in [2.24, 2.45) is 0 Å². The quantitative estimate of drug-likeness (QED) is 0.669. The summed E-state index contributed by atoms with van der Waals surface area (Å²) in [4.78, 5) is 47.6. The van der Waals surface area contributed by atoms with Gasteiger partial charge in [0.1, 0.15) is 17.7 Å². The first-order chi connectivity index (χ1) is 12.4. The third-order valence-corrected chi connectivity index (χ3v) is 3.94. The van der Waals surface area contributed by atoms with Crippen LogP contribution in [0.3, 0.4) is 0 Å². The molecule has 1 aromatic rings. The number of nitrogens with zero attached hydrogens (tertiary/aromatic N) is 1. The fourth-order valence-electron chi connectivity index (χ4n) is 2.62. The fourth-order valence-corrected chi connectivity index (χ4v) is 2.62. The van der Waals surface area contributed by atoms with Crippen molar-refractivity contribution in [3.05, 3.63) is 35.4 Å². The number of hydrogen-bond donors (Lipinski definition) is 3. The zero-order chi connectivity index (χ0) is 20.4. The van der Waals surface area contributed by atoms with Gasteiger partial charge in [-0.3, -0.25) is 14.5 Å². The normalized spacial score (nSPS) is 19.6. The third-order valence-electron chi connectivity index (χ3n) is 3.94. The summed E-state index contributed by atoms with van der Waals surface area (Å²) in [5.41, 5.74) is -0.656. The zero-order valence-corrected chi connectivity index (χ0v) is 15.7. The number of benzene rings is 1. The first-order valence-electron chi connectivity index (χ1n) is 8.34. The van der Waals surface area contributed by atoms with Crippen LogP contribution in [0.2, 0.25) is 0 Å². The largest absolute Gasteiger partial charge is 0.480 e. The molecule has 1 heterocycles. The Balaban J connectivity index is 2.06. The van der Waals surface area contributed by atoms with Crippen molar-refractivity contribution in [3.63, 3.8) is 0 Å². The number of amides is 4. The molecule has 0 saturated carbocycles. The van der Waals surface area contributed by atoms with Crippen molar-refractivity contribution in [1.82, 2.24) is 15.5 Å². The maximum Gasteiger partial charge on any atom is 0.407 e. The molecule has 9 nitrogen and oxygen atoms in total. The Labute approximate surface area is 156 Å². The highest BCUT2D eigenvalue weighted by Gasteiger charge is 2.49. The molecule has 1 aliphatic rings. The van der Waals surface area contributed by atoms with Gasteiger partial charge in [-0.15, -0.1) is 0 Å². The van der Waals surface area contributed by atoms with Crippen molar-refractivity contribution in [2.75, 3.05) is 6.54 Å². The molecule has 0 spiro atoms. The van der Waals surface area contributed by atoms with E-state index < -0.39 is 41.7 Å². The standard InChI is InChI=1S/C18H23N3O6/c1-17(2,3)27-16(26)19-9-11-5-7-12(8-6-11)18(4)14(24)21(10-13(22)23)15(25)20-18/h5-8H,9-10H2,1-4H3,(H,19,26)(H,20,25)(H,22,23)/t18-/m0/s1. The lowest BCUT2D eigenvalue weighted by molar-refractivity contribution is -0.142. The summed E-state index contributed by atoms with van der Waals surface area (Å²) in [5.74, 6) is -1.90. The van der Waals surface area contributed by atoms with E-state index in [1.807, 2.05) is 0 Å². The van der Waals surface area contributed by atoms with Crippen molar-refractivity contribution < 1.29 is 29.0 Å². The van der Waals surface area contributed by atoms with Gasteiger partial charge in [-0.2, -0.15) is 0 Å². The molecule has 0 unspecified atom stereocenters. The lowest BCUT2D eigenvalue weighted by atomic mass is 9.91. The second-order valence-electron chi connectivity index (χ2n) is 7.39. The van der Waals surface area contributed by atoms with Crippen molar-refractivity contribution in [2.45, 2.75) is 45.4 Å². The van der Waals surface area contributed by atoms with E-state index in [1.165, 1.54) is 6.92 Å². The van der Waals surface area contributed by atoms with Crippen LogP contribution in [0.4, 0.5) is 9.59 Å². The van der Waals surface area contributed by atoms with E-state index in [4.69, 9.17) is 9.84 Å². The van der Waals surface area contributed by atoms with Gasteiger partial charge in [-0.1, -0.05) is 24.3 Å². The van der Waals surface area contributed by atoms with Crippen LogP contribution >= 0.6 is 0 Å². The Bertz CT molecular complexity index is 768. The molecule has 146 valence electrons. The van der Waals surface area contributed by atoms with Gasteiger partial charge >= 0.3 is 18.1 Å². The maximum atomic E-state index is 12.5. The van der Waals surface area contributed by atoms with Gasteiger partial charge < -0.3 is 20.5 Å². The average molecular weight is 377 g/mol. The molecule has 1 atom stereocenters. The second-order valence-corrected chi connectivity index (χ2v) is 7.39. The molecule has 0 bridgehead atoms. The zero-order valence-electron chi connectivity index (χ0n) is 15.7. The van der Waals surface area contributed by atoms with Gasteiger partial charge in [0.25, 0.3) is 5.91 Å². The van der Waals surface area contributed by atoms with Gasteiger partial charge in [0, 0.05) is 6.54 Å². The number of carbonyl (C=O) groups excluding carboxylic acids is 3. The molecule has 1 aromatic carbocycles. The van der Waals surface area contributed by atoms with Crippen molar-refractivity contribution in [3.8, 4) is 0 Å². The fraction of sp³-hybridized carbons (Fsp3) is 0.444. The van der Waals surface area contributed by atoms with E-state index in [1.54, 1.807) is 45.0 Å². The number of carboxylic acid groups (broad SMARTS) is 1. The molecule has 4 amide bonds. The van der Waals surface area contributed by atoms with Gasteiger partial charge in [0.05, 0.1) is 0 Å². The van der Waals surface area contributed by atoms with E-state index in [0.29, 0.717) is 10.5 Å². The molecule has 9 heteroatoms. The summed E-state index contributed by atoms with van der Waals surface area (Å²) in [6, 6.07) is 5.96. The molecular formula is C18H23N3O6. The van der Waals surface area contributed by atoms with E-state index >= 15 is 0 Å². The first kappa shape index (κ1) is 20.2. The molecule has 3 N–H and O–H groups in total. The molecule has 2 rings (SSSR count). The Hall–Kier alpha value is -3.10. The van der Waals surface area contributed by atoms with Crippen molar-refractivity contribution in [1.29, 1.82) is 0 Å². The number of alkyl carbamates (subject to hydrolysis) is 1. The summed E-state index contributed by atoms with van der Waals surface area (Å²) in [7, 11) is 0. The smallest absolute Gasteiger partial charge is 0.407 e. The summed E-state index contributed by atoms with van der Waals surface area (Å²) < 4.78 is 5.15. The van der Waals surface area contributed by atoms with Crippen LogP contribution in [0.1, 0.15) is 38.8 Å². The van der Waals surface area contributed by atoms with E-state index in [-0.39, 0.29) is 6.54 Å². The number of hydrogen-bond acceptors (Lipinski definition) is 5. The first-order valence-corrected chi connectivity index (χ1v) is 8.34. The number of carboxylic acids is 1. The predicted molar refractivity (Wildman–Crippen MR) is 94.7 cm³/mol. The molecule has 27 heavy (non-hydrogen) atoms. The number of ether oxygens (including phenoxy) is 1. The highest BCUT2D eigenvalue weighted by Crippen LogP contribution is 2.28. The van der Waals surface area contributed by atoms with Gasteiger partial charge in [0.2, 0.25) is 0 Å². The molecule has 0 aliphatic carbocycles. The Kier molecular flexibility index (Phi) is 5.43. The SMILES string of the molecule is CC(C)(C)OC(=O)NCc1ccc([C@]2(C)NC(=O)N(CC(=O)O)C2=O)cc1. The van der Waals surface area contributed by atoms with Crippen LogP contribution in [0.5, 0.6) is 0 Å². The minimum atomic E-state index is -1.34. The number of nitrogens with one attached hydrogen (secondary N) is 2. The number of carbonyl (C=O) groups is 4. The second kappa shape index (κ2) is 7.26. The monoisotopic (exact) mass is 377 g/mol. The average Bonchev–Trinajstić information content (AvgIpc) is 2.76. The Morgan fingerprint density at radius 2 is 1.81 bits per heavy atom. The minimum absolute atomic E-state index is 0.233. The Morgan fingerprint density at radius 3 is 2.33 bits per heavy atom.